The van der Waals surface area contributed by atoms with Crippen molar-refractivity contribution in [1.29, 1.82) is 10.5 Å². The molecule has 0 radical (unpaired) electrons. The summed E-state index contributed by atoms with van der Waals surface area (Å²) in [7, 11) is 0. The third-order valence-electron chi connectivity index (χ3n) is 5.73. The van der Waals surface area contributed by atoms with Crippen LogP contribution in [0.2, 0.25) is 0 Å². The van der Waals surface area contributed by atoms with E-state index < -0.39 is 11.0 Å². The lowest BCUT2D eigenvalue weighted by Crippen LogP contribution is -2.46. The van der Waals surface area contributed by atoms with Crippen LogP contribution in [0, 0.1) is 34.0 Å². The van der Waals surface area contributed by atoms with E-state index >= 15 is 0 Å². The fourth-order valence-corrected chi connectivity index (χ4v) is 3.91. The summed E-state index contributed by atoms with van der Waals surface area (Å²) in [5.74, 6) is -0.334. The first kappa shape index (κ1) is 20.5. The second-order valence-corrected chi connectivity index (χ2v) is 9.06. The van der Waals surface area contributed by atoms with Gasteiger partial charge < -0.3 is 4.74 Å². The second-order valence-electron chi connectivity index (χ2n) is 9.06. The molecule has 3 heterocycles. The number of nitrogens with zero attached hydrogens (tertiary/aromatic N) is 7. The topological polar surface area (TPSA) is 122 Å². The third kappa shape index (κ3) is 3.64. The standard InChI is InChI=1S/C22H23N7O2/c1-21(2,3)20(30)31-14-28-7-4-17-18(12-25-27-19(17)28)16-11-26-29(13-16)22(5-6-23)8-15(9-22)10-24/h4,7,11-13,15H,5,8-9,14H2,1-3H3/t15-,22-. The van der Waals surface area contributed by atoms with Gasteiger partial charge in [-0.1, -0.05) is 0 Å². The van der Waals surface area contributed by atoms with Gasteiger partial charge in [-0.25, -0.2) is 0 Å². The van der Waals surface area contributed by atoms with Crippen molar-refractivity contribution in [2.24, 2.45) is 11.3 Å². The summed E-state index contributed by atoms with van der Waals surface area (Å²) in [5.41, 5.74) is 1.29. The van der Waals surface area contributed by atoms with Crippen molar-refractivity contribution >= 4 is 17.0 Å². The van der Waals surface area contributed by atoms with E-state index in [1.165, 1.54) is 0 Å². The quantitative estimate of drug-likeness (QED) is 0.583. The van der Waals surface area contributed by atoms with Gasteiger partial charge in [0.1, 0.15) is 0 Å². The van der Waals surface area contributed by atoms with Crippen molar-refractivity contribution in [2.75, 3.05) is 0 Å². The summed E-state index contributed by atoms with van der Waals surface area (Å²) in [6.45, 7) is 5.47. The fraction of sp³-hybridized carbons (Fsp3) is 0.455. The molecule has 0 bridgehead atoms. The summed E-state index contributed by atoms with van der Waals surface area (Å²) in [6.07, 6.45) is 8.68. The van der Waals surface area contributed by atoms with Crippen LogP contribution in [0.4, 0.5) is 0 Å². The van der Waals surface area contributed by atoms with Gasteiger partial charge in [-0.2, -0.15) is 20.7 Å². The summed E-state index contributed by atoms with van der Waals surface area (Å²) >= 11 is 0. The van der Waals surface area contributed by atoms with Crippen LogP contribution in [0.1, 0.15) is 40.0 Å². The minimum atomic E-state index is -0.583. The largest absolute Gasteiger partial charge is 0.443 e. The number of fused-ring (bicyclic) bond motifs is 1. The second kappa shape index (κ2) is 7.51. The zero-order valence-corrected chi connectivity index (χ0v) is 17.7. The average Bonchev–Trinajstić information content (AvgIpc) is 3.35. The third-order valence-corrected chi connectivity index (χ3v) is 5.73. The van der Waals surface area contributed by atoms with Crippen LogP contribution < -0.4 is 0 Å². The molecule has 1 aliphatic rings. The van der Waals surface area contributed by atoms with Gasteiger partial charge in [0.15, 0.2) is 12.4 Å². The number of rotatable bonds is 5. The minimum absolute atomic E-state index is 0.0415. The zero-order valence-electron chi connectivity index (χ0n) is 17.7. The molecule has 1 saturated carbocycles. The van der Waals surface area contributed by atoms with Gasteiger partial charge in [-0.05, 0) is 39.7 Å². The van der Waals surface area contributed by atoms with Crippen molar-refractivity contribution in [2.45, 2.75) is 52.3 Å². The predicted molar refractivity (Wildman–Crippen MR) is 111 cm³/mol. The maximum atomic E-state index is 12.1. The maximum Gasteiger partial charge on any atom is 0.312 e. The van der Waals surface area contributed by atoms with E-state index in [1.807, 2.05) is 23.1 Å². The van der Waals surface area contributed by atoms with Crippen LogP contribution in [-0.4, -0.2) is 30.5 Å². The van der Waals surface area contributed by atoms with Crippen molar-refractivity contribution in [1.82, 2.24) is 24.5 Å². The Kier molecular flexibility index (Phi) is 4.98. The van der Waals surface area contributed by atoms with Gasteiger partial charge in [0, 0.05) is 28.9 Å². The monoisotopic (exact) mass is 417 g/mol. The number of hydrogen-bond acceptors (Lipinski definition) is 7. The molecule has 31 heavy (non-hydrogen) atoms. The molecule has 4 rings (SSSR count). The van der Waals surface area contributed by atoms with Gasteiger partial charge >= 0.3 is 5.97 Å². The molecule has 3 aromatic rings. The maximum absolute atomic E-state index is 12.1. The lowest BCUT2D eigenvalue weighted by molar-refractivity contribution is -0.156. The van der Waals surface area contributed by atoms with Gasteiger partial charge in [0.2, 0.25) is 0 Å². The minimum Gasteiger partial charge on any atom is -0.443 e. The Morgan fingerprint density at radius 3 is 2.77 bits per heavy atom. The van der Waals surface area contributed by atoms with E-state index in [9.17, 15) is 10.1 Å². The van der Waals surface area contributed by atoms with Gasteiger partial charge in [0.25, 0.3) is 0 Å². The highest BCUT2D eigenvalue weighted by Crippen LogP contribution is 2.46. The molecule has 0 atom stereocenters. The molecule has 158 valence electrons. The Morgan fingerprint density at radius 2 is 2.10 bits per heavy atom. The lowest BCUT2D eigenvalue weighted by Gasteiger charge is -2.43. The number of carbonyl (C=O) groups excluding carboxylic acids is 1. The highest BCUT2D eigenvalue weighted by Gasteiger charge is 2.46. The number of hydrogen-bond donors (Lipinski definition) is 0. The molecule has 1 aliphatic carbocycles. The SMILES string of the molecule is CC(C)(C)C(=O)OCn1ccc2c(-c3cnn([C@]4(CC#N)C[C@@H](C#N)C4)c3)cnnc21. The molecule has 0 spiro atoms. The fourth-order valence-electron chi connectivity index (χ4n) is 3.91. The van der Waals surface area contributed by atoms with E-state index in [4.69, 9.17) is 10.00 Å². The van der Waals surface area contributed by atoms with Crippen molar-refractivity contribution in [3.05, 3.63) is 30.9 Å². The molecule has 0 unspecified atom stereocenters. The van der Waals surface area contributed by atoms with Crippen LogP contribution in [0.3, 0.4) is 0 Å². The Hall–Kier alpha value is -3.72. The number of carbonyl (C=O) groups is 1. The van der Waals surface area contributed by atoms with Gasteiger partial charge in [-0.3, -0.25) is 14.0 Å². The van der Waals surface area contributed by atoms with Crippen LogP contribution in [0.25, 0.3) is 22.2 Å². The molecule has 0 aromatic carbocycles. The normalized spacial score (nSPS) is 20.6. The first-order valence-electron chi connectivity index (χ1n) is 10.1. The van der Waals surface area contributed by atoms with Crippen LogP contribution in [-0.2, 0) is 21.8 Å². The van der Waals surface area contributed by atoms with Crippen molar-refractivity contribution in [3.8, 4) is 23.3 Å². The average molecular weight is 417 g/mol. The molecular formula is C22H23N7O2. The van der Waals surface area contributed by atoms with Gasteiger partial charge in [0.05, 0.1) is 47.8 Å². The summed E-state index contributed by atoms with van der Waals surface area (Å²) < 4.78 is 8.96. The molecule has 0 saturated heterocycles. The zero-order chi connectivity index (χ0) is 22.2. The summed E-state index contributed by atoms with van der Waals surface area (Å²) in [4.78, 5) is 12.1. The van der Waals surface area contributed by atoms with Crippen molar-refractivity contribution in [3.63, 3.8) is 0 Å². The van der Waals surface area contributed by atoms with E-state index in [0.717, 1.165) is 16.5 Å². The lowest BCUT2D eigenvalue weighted by atomic mass is 9.67. The first-order chi connectivity index (χ1) is 14.8. The van der Waals surface area contributed by atoms with Crippen molar-refractivity contribution < 1.29 is 9.53 Å². The van der Waals surface area contributed by atoms with E-state index in [-0.39, 0.29) is 18.6 Å². The number of nitriles is 2. The van der Waals surface area contributed by atoms with Crippen LogP contribution in [0.15, 0.2) is 30.9 Å². The van der Waals surface area contributed by atoms with Crippen LogP contribution >= 0.6 is 0 Å². The smallest absolute Gasteiger partial charge is 0.312 e. The molecule has 0 N–H and O–H groups in total. The van der Waals surface area contributed by atoms with Crippen LogP contribution in [0.5, 0.6) is 0 Å². The van der Waals surface area contributed by atoms with E-state index in [0.29, 0.717) is 24.9 Å². The molecule has 0 aliphatic heterocycles. The highest BCUT2D eigenvalue weighted by atomic mass is 16.5. The summed E-state index contributed by atoms with van der Waals surface area (Å²) in [5, 5.41) is 32.1. The molecule has 9 nitrogen and oxygen atoms in total. The number of ether oxygens (including phenoxy) is 1. The molecular weight excluding hydrogens is 394 g/mol. The molecule has 1 fully saturated rings. The first-order valence-corrected chi connectivity index (χ1v) is 10.1. The Labute approximate surface area is 179 Å². The molecule has 0 amide bonds. The van der Waals surface area contributed by atoms with E-state index in [2.05, 4.69) is 27.4 Å². The van der Waals surface area contributed by atoms with Gasteiger partial charge in [-0.15, -0.1) is 5.10 Å². The Bertz CT molecular complexity index is 1210. The Balaban J connectivity index is 1.62. The number of aromatic nitrogens is 5. The molecule has 3 aromatic heterocycles. The summed E-state index contributed by atoms with van der Waals surface area (Å²) in [6, 6.07) is 6.41. The predicted octanol–water partition coefficient (Wildman–Crippen LogP) is 3.38. The van der Waals surface area contributed by atoms with E-state index in [1.54, 1.807) is 37.7 Å². The Morgan fingerprint density at radius 1 is 1.32 bits per heavy atom. The number of esters is 1. The molecule has 9 heteroatoms. The highest BCUT2D eigenvalue weighted by molar-refractivity contribution is 5.92.